The number of ether oxygens (including phenoxy) is 3. The average Bonchev–Trinajstić information content (AvgIpc) is 3.45. The zero-order valence-corrected chi connectivity index (χ0v) is 24.7. The Bertz CT molecular complexity index is 1120. The number of carbonyl (C=O) groups is 2. The van der Waals surface area contributed by atoms with Crippen LogP contribution in [0.4, 0.5) is 0 Å². The van der Waals surface area contributed by atoms with Crippen LogP contribution >= 0.6 is 0 Å². The quantitative estimate of drug-likeness (QED) is 0.446. The van der Waals surface area contributed by atoms with Gasteiger partial charge in [0.1, 0.15) is 0 Å². The molecule has 0 amide bonds. The first kappa shape index (κ1) is 28.3. The van der Waals surface area contributed by atoms with Crippen LogP contribution in [-0.2, 0) is 23.8 Å². The summed E-state index contributed by atoms with van der Waals surface area (Å²) in [6.07, 6.45) is 14.9. The molecular formula is C33H47NO6. The summed E-state index contributed by atoms with van der Waals surface area (Å²) in [5.41, 5.74) is 0.265. The Morgan fingerprint density at radius 2 is 1.95 bits per heavy atom. The summed E-state index contributed by atoms with van der Waals surface area (Å²) < 4.78 is 19.1. The number of aliphatic imine (C=N–C) groups is 1. The van der Waals surface area contributed by atoms with Crippen molar-refractivity contribution in [1.29, 1.82) is 0 Å². The fourth-order valence-electron chi connectivity index (χ4n) is 9.89. The lowest BCUT2D eigenvalue weighted by Crippen LogP contribution is -2.63. The van der Waals surface area contributed by atoms with Gasteiger partial charge in [-0.05, 0) is 68.9 Å². The van der Waals surface area contributed by atoms with Crippen LogP contribution in [0.1, 0.15) is 91.4 Å². The number of esters is 1. The monoisotopic (exact) mass is 553 g/mol. The van der Waals surface area contributed by atoms with E-state index in [4.69, 9.17) is 14.2 Å². The highest BCUT2D eigenvalue weighted by Crippen LogP contribution is 2.70. The Morgan fingerprint density at radius 1 is 1.18 bits per heavy atom. The van der Waals surface area contributed by atoms with Gasteiger partial charge in [0.2, 0.25) is 5.78 Å². The highest BCUT2D eigenvalue weighted by Gasteiger charge is 2.76. The van der Waals surface area contributed by atoms with E-state index < -0.39 is 23.4 Å². The van der Waals surface area contributed by atoms with Crippen molar-refractivity contribution in [3.63, 3.8) is 0 Å². The molecule has 4 saturated carbocycles. The minimum Gasteiger partial charge on any atom is -0.458 e. The molecular weight excluding hydrogens is 506 g/mol. The molecule has 0 bridgehead atoms. The number of aliphatic hydroxyl groups excluding tert-OH is 1. The van der Waals surface area contributed by atoms with Gasteiger partial charge >= 0.3 is 5.97 Å². The molecule has 7 heteroatoms. The fraction of sp³-hybridized carbons (Fsp3) is 0.788. The van der Waals surface area contributed by atoms with Crippen molar-refractivity contribution < 1.29 is 28.9 Å². The van der Waals surface area contributed by atoms with Gasteiger partial charge in [-0.25, -0.2) is 0 Å². The number of Topliss-reactive ketones (excluding diaryl/α,β-unsaturated/α-hetero) is 1. The third-order valence-electron chi connectivity index (χ3n) is 11.8. The molecule has 220 valence electrons. The number of carbonyl (C=O) groups excluding carboxylic acids is 2. The Hall–Kier alpha value is -1.83. The van der Waals surface area contributed by atoms with Crippen molar-refractivity contribution in [3.05, 3.63) is 23.8 Å². The summed E-state index contributed by atoms with van der Waals surface area (Å²) in [6.45, 7) is 6.04. The first-order valence-electron chi connectivity index (χ1n) is 15.7. The number of hydrogen-bond donors (Lipinski definition) is 1. The number of ketones is 1. The van der Waals surface area contributed by atoms with Crippen LogP contribution in [0.25, 0.3) is 0 Å². The first-order chi connectivity index (χ1) is 19.2. The van der Waals surface area contributed by atoms with Crippen LogP contribution in [0.5, 0.6) is 0 Å². The molecule has 40 heavy (non-hydrogen) atoms. The molecule has 5 fully saturated rings. The highest BCUT2D eigenvalue weighted by molar-refractivity contribution is 6.05. The van der Waals surface area contributed by atoms with Gasteiger partial charge in [0.25, 0.3) is 0 Å². The van der Waals surface area contributed by atoms with Crippen LogP contribution < -0.4 is 0 Å². The molecule has 0 aromatic carbocycles. The second kappa shape index (κ2) is 10.5. The van der Waals surface area contributed by atoms with E-state index in [0.717, 1.165) is 50.7 Å². The van der Waals surface area contributed by atoms with Crippen LogP contribution in [0, 0.1) is 34.5 Å². The summed E-state index contributed by atoms with van der Waals surface area (Å²) in [5, 5.41) is 12.0. The molecule has 6 aliphatic rings. The standard InChI is InChI=1S/C33H47NO6/c1-5-9-28(37)38-19-26(36)33-27(39-30(40-33)20-10-7-6-8-11-20)17-24-23-13-12-21-16-22(34-4)14-15-31(21,2)29(23)25(35)18-32(24,33)3/h14-16,20,23-25,27,29-30,35H,5-13,17-19H2,1-4H3/t23-,24-,25-,27+,29+,30?,31-,32-,33+/m0/s1. The lowest BCUT2D eigenvalue weighted by atomic mass is 9.46. The zero-order valence-electron chi connectivity index (χ0n) is 24.7. The van der Waals surface area contributed by atoms with Crippen LogP contribution in [0.3, 0.4) is 0 Å². The number of hydrogen-bond acceptors (Lipinski definition) is 7. The molecule has 0 radical (unpaired) electrons. The summed E-state index contributed by atoms with van der Waals surface area (Å²) in [7, 11) is 1.82. The minimum atomic E-state index is -1.21. The van der Waals surface area contributed by atoms with Crippen molar-refractivity contribution in [2.24, 2.45) is 39.5 Å². The average molecular weight is 554 g/mol. The predicted molar refractivity (Wildman–Crippen MR) is 152 cm³/mol. The molecule has 0 aromatic heterocycles. The number of fused-ring (bicyclic) bond motifs is 7. The zero-order chi connectivity index (χ0) is 28.3. The largest absolute Gasteiger partial charge is 0.458 e. The van der Waals surface area contributed by atoms with E-state index in [-0.39, 0.29) is 53.6 Å². The van der Waals surface area contributed by atoms with E-state index in [0.29, 0.717) is 19.3 Å². The van der Waals surface area contributed by atoms with Gasteiger partial charge in [-0.3, -0.25) is 14.6 Å². The molecule has 1 N–H and O–H groups in total. The predicted octanol–water partition coefficient (Wildman–Crippen LogP) is 5.35. The van der Waals surface area contributed by atoms with Gasteiger partial charge in [0.15, 0.2) is 18.5 Å². The lowest BCUT2D eigenvalue weighted by molar-refractivity contribution is -0.210. The van der Waals surface area contributed by atoms with E-state index >= 15 is 0 Å². The van der Waals surface area contributed by atoms with Crippen molar-refractivity contribution in [1.82, 2.24) is 0 Å². The molecule has 1 unspecified atom stereocenters. The summed E-state index contributed by atoms with van der Waals surface area (Å²) in [5.74, 6) is 0.190. The van der Waals surface area contributed by atoms with Crippen molar-refractivity contribution in [3.8, 4) is 0 Å². The highest BCUT2D eigenvalue weighted by atomic mass is 16.7. The topological polar surface area (TPSA) is 94.4 Å². The smallest absolute Gasteiger partial charge is 0.306 e. The van der Waals surface area contributed by atoms with Crippen molar-refractivity contribution in [2.75, 3.05) is 13.7 Å². The van der Waals surface area contributed by atoms with Crippen molar-refractivity contribution in [2.45, 2.75) is 115 Å². The van der Waals surface area contributed by atoms with Gasteiger partial charge in [0, 0.05) is 36.1 Å². The number of aliphatic hydroxyl groups is 1. The SMILES string of the molecule is CCCC(=O)OCC(=O)[C@@]12OC(C3CCCCC3)O[C@@H]1C[C@H]1[C@@H]3CCC4=CC(=NC)C=C[C@]4(C)[C@H]3[C@@H](O)C[C@@]12C. The maximum Gasteiger partial charge on any atom is 0.306 e. The van der Waals surface area contributed by atoms with E-state index in [1.165, 1.54) is 12.0 Å². The molecule has 0 aromatic rings. The summed E-state index contributed by atoms with van der Waals surface area (Å²) >= 11 is 0. The normalized spacial score (nSPS) is 45.3. The molecule has 7 nitrogen and oxygen atoms in total. The molecule has 0 spiro atoms. The molecule has 9 atom stereocenters. The van der Waals surface area contributed by atoms with E-state index in [1.807, 2.05) is 14.0 Å². The summed E-state index contributed by atoms with van der Waals surface area (Å²) in [6, 6.07) is 0. The second-order valence-corrected chi connectivity index (χ2v) is 13.8. The Balaban J connectivity index is 1.34. The first-order valence-corrected chi connectivity index (χ1v) is 15.7. The third-order valence-corrected chi connectivity index (χ3v) is 11.8. The Labute approximate surface area is 238 Å². The van der Waals surface area contributed by atoms with Crippen LogP contribution in [0.2, 0.25) is 0 Å². The molecule has 6 rings (SSSR count). The van der Waals surface area contributed by atoms with Gasteiger partial charge < -0.3 is 19.3 Å². The number of allylic oxidation sites excluding steroid dienone is 4. The molecule has 1 aliphatic heterocycles. The lowest BCUT2D eigenvalue weighted by Gasteiger charge is -2.59. The van der Waals surface area contributed by atoms with Crippen molar-refractivity contribution >= 4 is 17.5 Å². The van der Waals surface area contributed by atoms with Crippen LogP contribution in [0.15, 0.2) is 28.8 Å². The minimum absolute atomic E-state index is 0.0581. The molecule has 5 aliphatic carbocycles. The Kier molecular flexibility index (Phi) is 7.40. The molecule has 1 heterocycles. The second-order valence-electron chi connectivity index (χ2n) is 13.8. The number of rotatable bonds is 6. The fourth-order valence-corrected chi connectivity index (χ4v) is 9.89. The van der Waals surface area contributed by atoms with E-state index in [1.54, 1.807) is 0 Å². The Morgan fingerprint density at radius 3 is 2.67 bits per heavy atom. The molecule has 1 saturated heterocycles. The van der Waals surface area contributed by atoms with E-state index in [9.17, 15) is 14.7 Å². The van der Waals surface area contributed by atoms with Gasteiger partial charge in [-0.15, -0.1) is 0 Å². The van der Waals surface area contributed by atoms with Crippen LogP contribution in [-0.4, -0.2) is 60.3 Å². The maximum atomic E-state index is 14.3. The van der Waals surface area contributed by atoms with Gasteiger partial charge in [-0.2, -0.15) is 0 Å². The third kappa shape index (κ3) is 4.12. The maximum absolute atomic E-state index is 14.3. The van der Waals surface area contributed by atoms with E-state index in [2.05, 4.69) is 37.1 Å². The number of nitrogens with zero attached hydrogens (tertiary/aromatic N) is 1. The van der Waals surface area contributed by atoms with Gasteiger partial charge in [-0.1, -0.05) is 51.7 Å². The summed E-state index contributed by atoms with van der Waals surface area (Å²) in [4.78, 5) is 30.9. The van der Waals surface area contributed by atoms with Gasteiger partial charge in [0.05, 0.1) is 17.9 Å².